The molecule has 0 radical (unpaired) electrons. The molecule has 0 aliphatic heterocycles. The summed E-state index contributed by atoms with van der Waals surface area (Å²) in [5.74, 6) is -1.61. The molecule has 0 spiro atoms. The van der Waals surface area contributed by atoms with E-state index in [0.29, 0.717) is 6.42 Å². The molecule has 1 atom stereocenters. The zero-order valence-electron chi connectivity index (χ0n) is 9.40. The molecule has 1 aromatic heterocycles. The van der Waals surface area contributed by atoms with Crippen LogP contribution in [0.25, 0.3) is 0 Å². The number of hydrogen-bond acceptors (Lipinski definition) is 3. The van der Waals surface area contributed by atoms with Gasteiger partial charge in [-0.1, -0.05) is 19.8 Å². The number of carboxylic acid groups (broad SMARTS) is 1. The standard InChI is InChI=1S/C11H14ClNO4/c1-2-3-4-7(11(15)16)13-10(14)8-5-6-9(12)17-8/h5-7H,2-4H2,1H3,(H,13,14)(H,15,16)/t7-/m0/s1. The van der Waals surface area contributed by atoms with Crippen LogP contribution in [-0.4, -0.2) is 23.0 Å². The molecule has 0 saturated carbocycles. The Bertz CT molecular complexity index is 402. The number of halogens is 1. The fourth-order valence-electron chi connectivity index (χ4n) is 1.33. The molecule has 0 aliphatic rings. The second kappa shape index (κ2) is 6.30. The van der Waals surface area contributed by atoms with Gasteiger partial charge >= 0.3 is 5.97 Å². The smallest absolute Gasteiger partial charge is 0.326 e. The monoisotopic (exact) mass is 259 g/mol. The molecule has 5 nitrogen and oxygen atoms in total. The molecule has 0 unspecified atom stereocenters. The molecule has 0 bridgehead atoms. The highest BCUT2D eigenvalue weighted by atomic mass is 35.5. The van der Waals surface area contributed by atoms with Crippen molar-refractivity contribution in [2.24, 2.45) is 0 Å². The van der Waals surface area contributed by atoms with E-state index >= 15 is 0 Å². The highest BCUT2D eigenvalue weighted by molar-refractivity contribution is 6.29. The zero-order valence-corrected chi connectivity index (χ0v) is 10.2. The summed E-state index contributed by atoms with van der Waals surface area (Å²) >= 11 is 5.52. The Kier molecular flexibility index (Phi) is 5.03. The molecular formula is C11H14ClNO4. The number of carbonyl (C=O) groups is 2. The van der Waals surface area contributed by atoms with Crippen molar-refractivity contribution in [3.05, 3.63) is 23.1 Å². The molecular weight excluding hydrogens is 246 g/mol. The van der Waals surface area contributed by atoms with E-state index in [9.17, 15) is 9.59 Å². The van der Waals surface area contributed by atoms with Crippen molar-refractivity contribution in [3.63, 3.8) is 0 Å². The van der Waals surface area contributed by atoms with E-state index in [2.05, 4.69) is 5.32 Å². The van der Waals surface area contributed by atoms with Crippen molar-refractivity contribution >= 4 is 23.5 Å². The van der Waals surface area contributed by atoms with Crippen molar-refractivity contribution < 1.29 is 19.1 Å². The molecule has 0 aromatic carbocycles. The quantitative estimate of drug-likeness (QED) is 0.822. The highest BCUT2D eigenvalue weighted by Gasteiger charge is 2.21. The van der Waals surface area contributed by atoms with E-state index in [0.717, 1.165) is 12.8 Å². The van der Waals surface area contributed by atoms with E-state index < -0.39 is 17.9 Å². The van der Waals surface area contributed by atoms with Crippen LogP contribution < -0.4 is 5.32 Å². The van der Waals surface area contributed by atoms with Gasteiger partial charge in [0.15, 0.2) is 11.0 Å². The second-order valence-electron chi connectivity index (χ2n) is 3.61. The Labute approximate surface area is 104 Å². The average Bonchev–Trinajstić information content (AvgIpc) is 2.70. The fourth-order valence-corrected chi connectivity index (χ4v) is 1.48. The summed E-state index contributed by atoms with van der Waals surface area (Å²) in [6, 6.07) is 1.93. The Balaban J connectivity index is 2.60. The number of carboxylic acids is 1. The van der Waals surface area contributed by atoms with Gasteiger partial charge in [0, 0.05) is 0 Å². The molecule has 17 heavy (non-hydrogen) atoms. The number of hydrogen-bond donors (Lipinski definition) is 2. The Morgan fingerprint density at radius 3 is 2.71 bits per heavy atom. The maximum atomic E-state index is 11.6. The van der Waals surface area contributed by atoms with Gasteiger partial charge in [0.2, 0.25) is 0 Å². The fraction of sp³-hybridized carbons (Fsp3) is 0.455. The third kappa shape index (κ3) is 4.11. The molecule has 0 saturated heterocycles. The summed E-state index contributed by atoms with van der Waals surface area (Å²) in [6.07, 6.45) is 1.99. The van der Waals surface area contributed by atoms with Crippen molar-refractivity contribution in [1.29, 1.82) is 0 Å². The van der Waals surface area contributed by atoms with Gasteiger partial charge < -0.3 is 14.8 Å². The lowest BCUT2D eigenvalue weighted by Gasteiger charge is -2.12. The van der Waals surface area contributed by atoms with Crippen molar-refractivity contribution in [2.45, 2.75) is 32.2 Å². The first-order chi connectivity index (χ1) is 8.04. The van der Waals surface area contributed by atoms with E-state index in [4.69, 9.17) is 21.1 Å². The molecule has 94 valence electrons. The zero-order chi connectivity index (χ0) is 12.8. The van der Waals surface area contributed by atoms with E-state index in [1.807, 2.05) is 6.92 Å². The van der Waals surface area contributed by atoms with Crippen LogP contribution in [0.4, 0.5) is 0 Å². The maximum Gasteiger partial charge on any atom is 0.326 e. The SMILES string of the molecule is CCCC[C@H](NC(=O)c1ccc(Cl)o1)C(=O)O. The number of aliphatic carboxylic acids is 1. The molecule has 0 fully saturated rings. The summed E-state index contributed by atoms with van der Waals surface area (Å²) in [5.41, 5.74) is 0. The Morgan fingerprint density at radius 2 is 2.24 bits per heavy atom. The number of rotatable bonds is 6. The number of nitrogens with one attached hydrogen (secondary N) is 1. The summed E-state index contributed by atoms with van der Waals surface area (Å²) in [4.78, 5) is 22.5. The Morgan fingerprint density at radius 1 is 1.53 bits per heavy atom. The van der Waals surface area contributed by atoms with Gasteiger partial charge in [-0.2, -0.15) is 0 Å². The van der Waals surface area contributed by atoms with Gasteiger partial charge in [-0.05, 0) is 30.2 Å². The maximum absolute atomic E-state index is 11.6. The lowest BCUT2D eigenvalue weighted by atomic mass is 10.1. The summed E-state index contributed by atoms with van der Waals surface area (Å²) < 4.78 is 4.89. The predicted molar refractivity (Wildman–Crippen MR) is 62.1 cm³/mol. The molecule has 0 aliphatic carbocycles. The van der Waals surface area contributed by atoms with Crippen molar-refractivity contribution in [2.75, 3.05) is 0 Å². The Hall–Kier alpha value is -1.49. The minimum atomic E-state index is -1.05. The van der Waals surface area contributed by atoms with Gasteiger partial charge in [-0.15, -0.1) is 0 Å². The second-order valence-corrected chi connectivity index (χ2v) is 3.98. The van der Waals surface area contributed by atoms with Gasteiger partial charge in [-0.3, -0.25) is 4.79 Å². The molecule has 1 rings (SSSR count). The van der Waals surface area contributed by atoms with Gasteiger partial charge in [0.1, 0.15) is 6.04 Å². The van der Waals surface area contributed by atoms with Crippen LogP contribution >= 0.6 is 11.6 Å². The van der Waals surface area contributed by atoms with Crippen molar-refractivity contribution in [3.8, 4) is 0 Å². The number of amides is 1. The normalized spacial score (nSPS) is 12.1. The minimum absolute atomic E-state index is 0.0118. The first-order valence-electron chi connectivity index (χ1n) is 5.33. The van der Waals surface area contributed by atoms with Crippen LogP contribution in [0.3, 0.4) is 0 Å². The van der Waals surface area contributed by atoms with Crippen LogP contribution in [0.15, 0.2) is 16.5 Å². The van der Waals surface area contributed by atoms with Crippen LogP contribution in [0.1, 0.15) is 36.7 Å². The minimum Gasteiger partial charge on any atom is -0.480 e. The number of unbranched alkanes of at least 4 members (excludes halogenated alkanes) is 1. The van der Waals surface area contributed by atoms with Crippen LogP contribution in [0.2, 0.25) is 5.22 Å². The van der Waals surface area contributed by atoms with Crippen molar-refractivity contribution in [1.82, 2.24) is 5.32 Å². The van der Waals surface area contributed by atoms with E-state index in [1.165, 1.54) is 12.1 Å². The van der Waals surface area contributed by atoms with Crippen LogP contribution in [-0.2, 0) is 4.79 Å². The lowest BCUT2D eigenvalue weighted by Crippen LogP contribution is -2.40. The highest BCUT2D eigenvalue weighted by Crippen LogP contribution is 2.13. The summed E-state index contributed by atoms with van der Waals surface area (Å²) in [7, 11) is 0. The predicted octanol–water partition coefficient (Wildman–Crippen LogP) is 2.31. The van der Waals surface area contributed by atoms with Gasteiger partial charge in [0.05, 0.1) is 0 Å². The van der Waals surface area contributed by atoms with Crippen LogP contribution in [0.5, 0.6) is 0 Å². The van der Waals surface area contributed by atoms with E-state index in [-0.39, 0.29) is 11.0 Å². The lowest BCUT2D eigenvalue weighted by molar-refractivity contribution is -0.139. The summed E-state index contributed by atoms with van der Waals surface area (Å²) in [6.45, 7) is 1.95. The molecule has 6 heteroatoms. The average molecular weight is 260 g/mol. The molecule has 1 aromatic rings. The number of furan rings is 1. The van der Waals surface area contributed by atoms with Crippen LogP contribution in [0, 0.1) is 0 Å². The van der Waals surface area contributed by atoms with Gasteiger partial charge in [-0.25, -0.2) is 4.79 Å². The number of carbonyl (C=O) groups excluding carboxylic acids is 1. The molecule has 1 amide bonds. The first kappa shape index (κ1) is 13.6. The third-order valence-corrected chi connectivity index (χ3v) is 2.45. The molecule has 1 heterocycles. The topological polar surface area (TPSA) is 79.5 Å². The first-order valence-corrected chi connectivity index (χ1v) is 5.71. The molecule has 2 N–H and O–H groups in total. The third-order valence-electron chi connectivity index (χ3n) is 2.25. The largest absolute Gasteiger partial charge is 0.480 e. The van der Waals surface area contributed by atoms with E-state index in [1.54, 1.807) is 0 Å². The summed E-state index contributed by atoms with van der Waals surface area (Å²) in [5, 5.41) is 11.4. The van der Waals surface area contributed by atoms with Gasteiger partial charge in [0.25, 0.3) is 5.91 Å².